The zero-order valence-corrected chi connectivity index (χ0v) is 11.9. The molecule has 19 heavy (non-hydrogen) atoms. The van der Waals surface area contributed by atoms with Gasteiger partial charge in [-0.1, -0.05) is 29.8 Å². The molecule has 1 atom stereocenters. The van der Waals surface area contributed by atoms with Crippen molar-refractivity contribution < 1.29 is 5.11 Å². The molecule has 0 fully saturated rings. The molecule has 1 aromatic heterocycles. The van der Waals surface area contributed by atoms with E-state index in [1.807, 2.05) is 40.6 Å². The van der Waals surface area contributed by atoms with Crippen LogP contribution in [0.4, 0.5) is 0 Å². The summed E-state index contributed by atoms with van der Waals surface area (Å²) < 4.78 is 0. The zero-order valence-electron chi connectivity index (χ0n) is 10.3. The van der Waals surface area contributed by atoms with Gasteiger partial charge in [-0.2, -0.15) is 0 Å². The molecule has 1 N–H and O–H groups in total. The third-order valence-electron chi connectivity index (χ3n) is 3.55. The van der Waals surface area contributed by atoms with Gasteiger partial charge in [-0.3, -0.25) is 4.90 Å². The predicted octanol–water partition coefficient (Wildman–Crippen LogP) is 2.73. The Morgan fingerprint density at radius 1 is 1.37 bits per heavy atom. The molecule has 0 bridgehead atoms. The predicted molar refractivity (Wildman–Crippen MR) is 79.5 cm³/mol. The summed E-state index contributed by atoms with van der Waals surface area (Å²) in [5.74, 6) is 0. The van der Waals surface area contributed by atoms with E-state index < -0.39 is 5.62 Å². The molecular weight excluding hydrogens is 276 g/mol. The van der Waals surface area contributed by atoms with Gasteiger partial charge in [0.05, 0.1) is 5.62 Å². The molecule has 1 aliphatic rings. The molecule has 1 aromatic carbocycles. The minimum atomic E-state index is -1.41. The normalized spacial score (nSPS) is 23.3. The Bertz CT molecular complexity index is 599. The van der Waals surface area contributed by atoms with Crippen LogP contribution in [-0.2, 0) is 18.6 Å². The first kappa shape index (κ1) is 13.2. The summed E-state index contributed by atoms with van der Waals surface area (Å²) in [6.07, 6.45) is 0.914. The van der Waals surface area contributed by atoms with Gasteiger partial charge in [0.1, 0.15) is 7.85 Å². The van der Waals surface area contributed by atoms with Gasteiger partial charge < -0.3 is 5.11 Å². The van der Waals surface area contributed by atoms with Crippen LogP contribution < -0.4 is 0 Å². The van der Waals surface area contributed by atoms with Gasteiger partial charge in [0.15, 0.2) is 0 Å². The lowest BCUT2D eigenvalue weighted by atomic mass is 9.79. The lowest BCUT2D eigenvalue weighted by Gasteiger charge is -2.41. The van der Waals surface area contributed by atoms with Gasteiger partial charge in [-0.05, 0) is 29.5 Å². The van der Waals surface area contributed by atoms with Crippen molar-refractivity contribution in [1.82, 2.24) is 4.90 Å². The molecule has 0 saturated carbocycles. The summed E-state index contributed by atoms with van der Waals surface area (Å²) >= 11 is 7.82. The largest absolute Gasteiger partial charge is 0.381 e. The van der Waals surface area contributed by atoms with E-state index in [-0.39, 0.29) is 0 Å². The Labute approximate surface area is 123 Å². The topological polar surface area (TPSA) is 23.5 Å². The minimum Gasteiger partial charge on any atom is -0.381 e. The number of rotatable bonds is 2. The summed E-state index contributed by atoms with van der Waals surface area (Å²) in [6.45, 7) is 1.27. The average molecular weight is 290 g/mol. The Kier molecular flexibility index (Phi) is 3.43. The summed E-state index contributed by atoms with van der Waals surface area (Å²) in [5, 5.41) is 13.3. The molecule has 3 rings (SSSR count). The van der Waals surface area contributed by atoms with Gasteiger partial charge in [0, 0.05) is 28.6 Å². The lowest BCUT2D eigenvalue weighted by molar-refractivity contribution is -0.0551. The summed E-state index contributed by atoms with van der Waals surface area (Å²) in [5.41, 5.74) is 0.384. The Morgan fingerprint density at radius 3 is 2.95 bits per heavy atom. The van der Waals surface area contributed by atoms with E-state index in [9.17, 15) is 5.11 Å². The van der Waals surface area contributed by atoms with Crippen LogP contribution in [0.5, 0.6) is 0 Å². The number of fused-ring (bicyclic) bond motifs is 1. The van der Waals surface area contributed by atoms with Gasteiger partial charge in [-0.15, -0.1) is 11.3 Å². The first-order valence-electron chi connectivity index (χ1n) is 6.15. The van der Waals surface area contributed by atoms with Gasteiger partial charge in [0.25, 0.3) is 0 Å². The third-order valence-corrected chi connectivity index (χ3v) is 4.90. The Balaban J connectivity index is 1.89. The number of nitrogens with zero attached hydrogens (tertiary/aromatic N) is 1. The number of hydrogen-bond donors (Lipinski definition) is 1. The molecule has 0 saturated heterocycles. The number of aliphatic hydroxyl groups is 1. The van der Waals surface area contributed by atoms with E-state index in [4.69, 9.17) is 19.4 Å². The van der Waals surface area contributed by atoms with E-state index in [2.05, 4.69) is 0 Å². The maximum Gasteiger partial charge on any atom is 0.142 e. The van der Waals surface area contributed by atoms with E-state index in [0.717, 1.165) is 24.1 Å². The van der Waals surface area contributed by atoms with Crippen LogP contribution in [-0.4, -0.2) is 24.4 Å². The fourth-order valence-corrected chi connectivity index (χ4v) is 3.59. The van der Waals surface area contributed by atoms with Crippen molar-refractivity contribution in [1.29, 1.82) is 0 Å². The number of thiophene rings is 1. The fourth-order valence-electron chi connectivity index (χ4n) is 2.47. The standard InChI is InChI=1S/C14H13BClNOS/c15-14(18)11-6-8-19-13(11)5-7-17(14)9-10-3-1-2-4-12(10)16/h1-4,6,8,18H,5,7,9H2. The van der Waals surface area contributed by atoms with Crippen LogP contribution in [0.25, 0.3) is 0 Å². The van der Waals surface area contributed by atoms with Crippen LogP contribution in [0, 0.1) is 0 Å². The highest BCUT2D eigenvalue weighted by Crippen LogP contribution is 2.35. The first-order valence-corrected chi connectivity index (χ1v) is 7.41. The van der Waals surface area contributed by atoms with Crippen LogP contribution in [0.3, 0.4) is 0 Å². The Morgan fingerprint density at radius 2 is 2.16 bits per heavy atom. The van der Waals surface area contributed by atoms with Crippen LogP contribution in [0.15, 0.2) is 35.7 Å². The van der Waals surface area contributed by atoms with Crippen molar-refractivity contribution >= 4 is 30.8 Å². The SMILES string of the molecule is [B]C1(O)c2ccsc2CCN1Cc1ccccc1Cl. The molecule has 2 heterocycles. The average Bonchev–Trinajstić information content (AvgIpc) is 2.85. The van der Waals surface area contributed by atoms with Gasteiger partial charge in [-0.25, -0.2) is 0 Å². The second-order valence-electron chi connectivity index (χ2n) is 4.75. The first-order chi connectivity index (χ1) is 9.09. The number of halogens is 1. The van der Waals surface area contributed by atoms with Crippen molar-refractivity contribution in [3.05, 3.63) is 56.7 Å². The van der Waals surface area contributed by atoms with Crippen molar-refractivity contribution in [3.63, 3.8) is 0 Å². The molecule has 0 aliphatic carbocycles. The number of hydrogen-bond acceptors (Lipinski definition) is 3. The van der Waals surface area contributed by atoms with E-state index in [1.165, 1.54) is 4.88 Å². The second kappa shape index (κ2) is 4.95. The van der Waals surface area contributed by atoms with Gasteiger partial charge >= 0.3 is 0 Å². The molecule has 0 spiro atoms. The molecular formula is C14H13BClNOS. The van der Waals surface area contributed by atoms with Gasteiger partial charge in [0.2, 0.25) is 0 Å². The molecule has 2 nitrogen and oxygen atoms in total. The molecule has 1 aliphatic heterocycles. The summed E-state index contributed by atoms with van der Waals surface area (Å²) in [6, 6.07) is 9.55. The summed E-state index contributed by atoms with van der Waals surface area (Å²) in [7, 11) is 6.12. The Hall–Kier alpha value is -0.805. The lowest BCUT2D eigenvalue weighted by Crippen LogP contribution is -2.50. The van der Waals surface area contributed by atoms with Crippen molar-refractivity contribution in [2.45, 2.75) is 18.6 Å². The second-order valence-corrected chi connectivity index (χ2v) is 6.15. The highest BCUT2D eigenvalue weighted by Gasteiger charge is 2.36. The molecule has 2 aromatic rings. The molecule has 1 unspecified atom stereocenters. The smallest absolute Gasteiger partial charge is 0.142 e. The monoisotopic (exact) mass is 289 g/mol. The fraction of sp³-hybridized carbons (Fsp3) is 0.286. The quantitative estimate of drug-likeness (QED) is 0.859. The van der Waals surface area contributed by atoms with Crippen molar-refractivity contribution in [3.8, 4) is 0 Å². The number of benzene rings is 1. The molecule has 96 valence electrons. The summed E-state index contributed by atoms with van der Waals surface area (Å²) in [4.78, 5) is 3.03. The van der Waals surface area contributed by atoms with E-state index in [0.29, 0.717) is 11.6 Å². The maximum atomic E-state index is 10.6. The van der Waals surface area contributed by atoms with Crippen molar-refractivity contribution in [2.75, 3.05) is 6.54 Å². The van der Waals surface area contributed by atoms with Crippen LogP contribution in [0.1, 0.15) is 16.0 Å². The van der Waals surface area contributed by atoms with E-state index >= 15 is 0 Å². The highest BCUT2D eigenvalue weighted by atomic mass is 35.5. The van der Waals surface area contributed by atoms with Crippen molar-refractivity contribution in [2.24, 2.45) is 0 Å². The minimum absolute atomic E-state index is 0.544. The van der Waals surface area contributed by atoms with Crippen LogP contribution >= 0.6 is 22.9 Å². The maximum absolute atomic E-state index is 10.6. The molecule has 0 amide bonds. The zero-order chi connectivity index (χ0) is 13.5. The molecule has 5 heteroatoms. The highest BCUT2D eigenvalue weighted by molar-refractivity contribution is 7.10. The van der Waals surface area contributed by atoms with Crippen LogP contribution in [0.2, 0.25) is 5.02 Å². The van der Waals surface area contributed by atoms with E-state index in [1.54, 1.807) is 11.3 Å². The third kappa shape index (κ3) is 2.34. The molecule has 2 radical (unpaired) electrons.